The van der Waals surface area contributed by atoms with Gasteiger partial charge in [-0.2, -0.15) is 0 Å². The van der Waals surface area contributed by atoms with Gasteiger partial charge in [0.25, 0.3) is 5.91 Å². The molecule has 0 saturated heterocycles. The Labute approximate surface area is 113 Å². The van der Waals surface area contributed by atoms with Crippen molar-refractivity contribution in [1.29, 1.82) is 0 Å². The first-order valence-corrected chi connectivity index (χ1v) is 7.00. The normalized spacial score (nSPS) is 26.3. The molecule has 4 heteroatoms. The smallest absolute Gasteiger partial charge is 0.262 e. The van der Waals surface area contributed by atoms with Crippen molar-refractivity contribution in [1.82, 2.24) is 5.32 Å². The summed E-state index contributed by atoms with van der Waals surface area (Å²) in [6, 6.07) is 6.85. The highest BCUT2D eigenvalue weighted by atomic mass is 16.5. The van der Waals surface area contributed by atoms with Crippen LogP contribution in [0, 0.1) is 0 Å². The van der Waals surface area contributed by atoms with Gasteiger partial charge in [0.2, 0.25) is 0 Å². The van der Waals surface area contributed by atoms with E-state index in [4.69, 9.17) is 4.74 Å². The number of fused-ring (bicyclic) bond motifs is 1. The number of hydrogen-bond acceptors (Lipinski definition) is 3. The summed E-state index contributed by atoms with van der Waals surface area (Å²) in [6.07, 6.45) is 4.90. The Kier molecular flexibility index (Phi) is 3.42. The van der Waals surface area contributed by atoms with Crippen molar-refractivity contribution in [3.05, 3.63) is 23.8 Å². The lowest BCUT2D eigenvalue weighted by Crippen LogP contribution is -2.29. The van der Waals surface area contributed by atoms with E-state index in [9.17, 15) is 4.79 Å². The molecule has 0 radical (unpaired) electrons. The van der Waals surface area contributed by atoms with Crippen LogP contribution in [0.4, 0.5) is 5.69 Å². The van der Waals surface area contributed by atoms with Crippen LogP contribution in [0.3, 0.4) is 0 Å². The average molecular weight is 260 g/mol. The standard InChI is InChI=1S/C15H20N2O2/c1-16-12-5-2-10(3-6-12)11-4-7-13-14(8-11)19-9-15(18)17-13/h4,7-8,10,12,16H,2-3,5-6,9H2,1H3,(H,17,18). The maximum Gasteiger partial charge on any atom is 0.262 e. The van der Waals surface area contributed by atoms with Gasteiger partial charge in [-0.15, -0.1) is 0 Å². The first-order valence-electron chi connectivity index (χ1n) is 7.00. The minimum atomic E-state index is -0.0743. The van der Waals surface area contributed by atoms with Crippen molar-refractivity contribution in [2.24, 2.45) is 0 Å². The topological polar surface area (TPSA) is 50.4 Å². The van der Waals surface area contributed by atoms with Gasteiger partial charge in [-0.05, 0) is 56.3 Å². The molecular weight excluding hydrogens is 240 g/mol. The molecule has 1 fully saturated rings. The molecule has 1 amide bonds. The van der Waals surface area contributed by atoms with Crippen molar-refractivity contribution in [3.63, 3.8) is 0 Å². The summed E-state index contributed by atoms with van der Waals surface area (Å²) < 4.78 is 5.49. The number of carbonyl (C=O) groups excluding carboxylic acids is 1. The maximum atomic E-state index is 11.2. The van der Waals surface area contributed by atoms with Gasteiger partial charge in [0.05, 0.1) is 5.69 Å². The Morgan fingerprint density at radius 3 is 2.79 bits per heavy atom. The van der Waals surface area contributed by atoms with E-state index in [1.807, 2.05) is 13.1 Å². The number of ether oxygens (including phenoxy) is 1. The predicted molar refractivity (Wildman–Crippen MR) is 74.6 cm³/mol. The minimum Gasteiger partial charge on any atom is -0.482 e. The highest BCUT2D eigenvalue weighted by Gasteiger charge is 2.23. The molecular formula is C15H20N2O2. The lowest BCUT2D eigenvalue weighted by molar-refractivity contribution is -0.118. The van der Waals surface area contributed by atoms with Crippen LogP contribution in [0.2, 0.25) is 0 Å². The molecule has 0 atom stereocenters. The minimum absolute atomic E-state index is 0.0743. The van der Waals surface area contributed by atoms with Gasteiger partial charge < -0.3 is 15.4 Å². The summed E-state index contributed by atoms with van der Waals surface area (Å²) >= 11 is 0. The van der Waals surface area contributed by atoms with E-state index in [1.165, 1.54) is 31.2 Å². The number of benzene rings is 1. The fraction of sp³-hybridized carbons (Fsp3) is 0.533. The molecule has 1 aromatic carbocycles. The molecule has 1 saturated carbocycles. The molecule has 1 aliphatic heterocycles. The molecule has 1 aromatic rings. The number of hydrogen-bond donors (Lipinski definition) is 2. The quantitative estimate of drug-likeness (QED) is 0.857. The third-order valence-electron chi connectivity index (χ3n) is 4.25. The molecule has 4 nitrogen and oxygen atoms in total. The van der Waals surface area contributed by atoms with Crippen LogP contribution in [0.15, 0.2) is 18.2 Å². The van der Waals surface area contributed by atoms with Crippen LogP contribution in [0.25, 0.3) is 0 Å². The zero-order valence-electron chi connectivity index (χ0n) is 11.2. The van der Waals surface area contributed by atoms with Crippen molar-refractivity contribution in [2.45, 2.75) is 37.6 Å². The molecule has 2 aliphatic rings. The summed E-state index contributed by atoms with van der Waals surface area (Å²) in [5, 5.41) is 6.19. The van der Waals surface area contributed by atoms with Crippen LogP contribution in [-0.2, 0) is 4.79 Å². The van der Waals surface area contributed by atoms with E-state index in [1.54, 1.807) is 0 Å². The molecule has 2 N–H and O–H groups in total. The Balaban J connectivity index is 1.74. The van der Waals surface area contributed by atoms with Gasteiger partial charge >= 0.3 is 0 Å². The second-order valence-corrected chi connectivity index (χ2v) is 5.43. The lowest BCUT2D eigenvalue weighted by Gasteiger charge is -2.29. The van der Waals surface area contributed by atoms with E-state index in [0.29, 0.717) is 12.0 Å². The van der Waals surface area contributed by atoms with Gasteiger partial charge in [-0.1, -0.05) is 6.07 Å². The molecule has 3 rings (SSSR count). The highest BCUT2D eigenvalue weighted by Crippen LogP contribution is 2.37. The SMILES string of the molecule is CNC1CCC(c2ccc3c(c2)OCC(=O)N3)CC1. The average Bonchev–Trinajstić information content (AvgIpc) is 2.47. The molecule has 0 aromatic heterocycles. The lowest BCUT2D eigenvalue weighted by atomic mass is 9.81. The Morgan fingerprint density at radius 2 is 2.05 bits per heavy atom. The Bertz CT molecular complexity index is 479. The van der Waals surface area contributed by atoms with E-state index in [0.717, 1.165) is 11.4 Å². The number of amides is 1. The van der Waals surface area contributed by atoms with E-state index in [-0.39, 0.29) is 12.5 Å². The van der Waals surface area contributed by atoms with Gasteiger partial charge in [0, 0.05) is 6.04 Å². The largest absolute Gasteiger partial charge is 0.482 e. The van der Waals surface area contributed by atoms with Crippen molar-refractivity contribution in [2.75, 3.05) is 19.0 Å². The molecule has 1 aliphatic carbocycles. The Hall–Kier alpha value is -1.55. The summed E-state index contributed by atoms with van der Waals surface area (Å²) in [4.78, 5) is 11.2. The molecule has 19 heavy (non-hydrogen) atoms. The van der Waals surface area contributed by atoms with Gasteiger partial charge in [-0.25, -0.2) is 0 Å². The van der Waals surface area contributed by atoms with Crippen molar-refractivity contribution in [3.8, 4) is 5.75 Å². The number of carbonyl (C=O) groups is 1. The van der Waals surface area contributed by atoms with Crippen LogP contribution in [0.1, 0.15) is 37.2 Å². The highest BCUT2D eigenvalue weighted by molar-refractivity contribution is 5.95. The third kappa shape index (κ3) is 2.59. The molecule has 1 heterocycles. The first-order chi connectivity index (χ1) is 9.26. The molecule has 0 spiro atoms. The van der Waals surface area contributed by atoms with Crippen LogP contribution >= 0.6 is 0 Å². The number of rotatable bonds is 2. The van der Waals surface area contributed by atoms with Crippen LogP contribution in [0.5, 0.6) is 5.75 Å². The molecule has 102 valence electrons. The molecule has 0 bridgehead atoms. The van der Waals surface area contributed by atoms with E-state index < -0.39 is 0 Å². The van der Waals surface area contributed by atoms with Crippen LogP contribution < -0.4 is 15.4 Å². The predicted octanol–water partition coefficient (Wildman–Crippen LogP) is 2.26. The monoisotopic (exact) mass is 260 g/mol. The zero-order valence-corrected chi connectivity index (χ0v) is 11.2. The second kappa shape index (κ2) is 5.21. The summed E-state index contributed by atoms with van der Waals surface area (Å²) in [6.45, 7) is 0.128. The molecule has 0 unspecified atom stereocenters. The van der Waals surface area contributed by atoms with Gasteiger partial charge in [0.1, 0.15) is 5.75 Å². The van der Waals surface area contributed by atoms with Gasteiger partial charge in [-0.3, -0.25) is 4.79 Å². The summed E-state index contributed by atoms with van der Waals surface area (Å²) in [7, 11) is 2.04. The van der Waals surface area contributed by atoms with Crippen molar-refractivity contribution < 1.29 is 9.53 Å². The summed E-state index contributed by atoms with van der Waals surface area (Å²) in [5.41, 5.74) is 2.13. The zero-order chi connectivity index (χ0) is 13.2. The third-order valence-corrected chi connectivity index (χ3v) is 4.25. The van der Waals surface area contributed by atoms with E-state index in [2.05, 4.69) is 22.8 Å². The van der Waals surface area contributed by atoms with E-state index >= 15 is 0 Å². The first kappa shape index (κ1) is 12.5. The summed E-state index contributed by atoms with van der Waals surface area (Å²) in [5.74, 6) is 1.36. The fourth-order valence-corrected chi connectivity index (χ4v) is 3.06. The Morgan fingerprint density at radius 1 is 1.26 bits per heavy atom. The van der Waals surface area contributed by atoms with Crippen molar-refractivity contribution >= 4 is 11.6 Å². The van der Waals surface area contributed by atoms with Crippen LogP contribution in [-0.4, -0.2) is 25.6 Å². The number of nitrogens with one attached hydrogen (secondary N) is 2. The van der Waals surface area contributed by atoms with Gasteiger partial charge in [0.15, 0.2) is 6.61 Å². The fourth-order valence-electron chi connectivity index (χ4n) is 3.06. The maximum absolute atomic E-state index is 11.2. The second-order valence-electron chi connectivity index (χ2n) is 5.43. The number of anilines is 1.